The van der Waals surface area contributed by atoms with Crippen molar-refractivity contribution in [2.75, 3.05) is 0 Å². The van der Waals surface area contributed by atoms with Gasteiger partial charge in [0.15, 0.2) is 5.84 Å². The summed E-state index contributed by atoms with van der Waals surface area (Å²) in [5.41, 5.74) is 1.71. The molecule has 5 nitrogen and oxygen atoms in total. The number of phenols is 1. The maximum absolute atomic E-state index is 9.72. The van der Waals surface area contributed by atoms with E-state index in [1.165, 1.54) is 6.21 Å². The molecule has 0 spiro atoms. The van der Waals surface area contributed by atoms with Crippen LogP contribution in [0.25, 0.3) is 0 Å². The summed E-state index contributed by atoms with van der Waals surface area (Å²) in [5.74, 6) is 0.738. The Balaban J connectivity index is 1.69. The fourth-order valence-electron chi connectivity index (χ4n) is 2.10. The number of halogens is 1. The molecule has 0 amide bonds. The number of benzene rings is 2. The third kappa shape index (κ3) is 3.46. The zero-order valence-electron chi connectivity index (χ0n) is 11.6. The minimum Gasteiger partial charge on any atom is -0.507 e. The molecule has 2 aromatic carbocycles. The number of hydrogen-bond donors (Lipinski definition) is 1. The second-order valence-electron chi connectivity index (χ2n) is 4.81. The molecule has 110 valence electrons. The van der Waals surface area contributed by atoms with Crippen LogP contribution in [-0.4, -0.2) is 17.2 Å². The molecule has 0 saturated heterocycles. The predicted octanol–water partition coefficient (Wildman–Crippen LogP) is 4.48. The molecule has 0 aromatic heterocycles. The average Bonchev–Trinajstić information content (AvgIpc) is 3.00. The summed E-state index contributed by atoms with van der Waals surface area (Å²) in [7, 11) is 0. The standard InChI is InChI=1S/C16H13BrN4O/c17-13-6-7-15(22)12(8-13)10-18-20-16-9-14(19-21-16)11-4-2-1-3-5-11/h1-8,10,14,22H,9H2. The Morgan fingerprint density at radius 2 is 2.00 bits per heavy atom. The van der Waals surface area contributed by atoms with E-state index in [1.54, 1.807) is 18.2 Å². The Hall–Kier alpha value is -2.34. The van der Waals surface area contributed by atoms with Gasteiger partial charge < -0.3 is 5.11 Å². The molecule has 2 aromatic rings. The van der Waals surface area contributed by atoms with Crippen molar-refractivity contribution in [3.05, 3.63) is 64.1 Å². The monoisotopic (exact) mass is 356 g/mol. The molecule has 0 aliphatic carbocycles. The Bertz CT molecular complexity index is 756. The highest BCUT2D eigenvalue weighted by Crippen LogP contribution is 2.27. The molecule has 22 heavy (non-hydrogen) atoms. The number of amidine groups is 1. The van der Waals surface area contributed by atoms with E-state index in [0.29, 0.717) is 17.8 Å². The van der Waals surface area contributed by atoms with E-state index in [9.17, 15) is 5.11 Å². The number of azo groups is 1. The van der Waals surface area contributed by atoms with Gasteiger partial charge >= 0.3 is 0 Å². The first-order valence-electron chi connectivity index (χ1n) is 6.76. The number of aromatic hydroxyl groups is 1. The summed E-state index contributed by atoms with van der Waals surface area (Å²) >= 11 is 3.35. The topological polar surface area (TPSA) is 69.7 Å². The lowest BCUT2D eigenvalue weighted by Gasteiger charge is -2.03. The predicted molar refractivity (Wildman–Crippen MR) is 89.5 cm³/mol. The van der Waals surface area contributed by atoms with Crippen molar-refractivity contribution in [1.29, 1.82) is 0 Å². The Labute approximate surface area is 136 Å². The highest BCUT2D eigenvalue weighted by atomic mass is 79.9. The summed E-state index contributed by atoms with van der Waals surface area (Å²) in [6.07, 6.45) is 2.13. The van der Waals surface area contributed by atoms with Crippen LogP contribution in [0.4, 0.5) is 0 Å². The van der Waals surface area contributed by atoms with Gasteiger partial charge in [-0.15, -0.1) is 10.2 Å². The molecule has 0 radical (unpaired) electrons. The van der Waals surface area contributed by atoms with Crippen LogP contribution in [0.5, 0.6) is 5.75 Å². The van der Waals surface area contributed by atoms with Crippen molar-refractivity contribution >= 4 is 28.0 Å². The molecule has 0 fully saturated rings. The average molecular weight is 357 g/mol. The molecule has 1 N–H and O–H groups in total. The molecule has 3 rings (SSSR count). The lowest BCUT2D eigenvalue weighted by Crippen LogP contribution is -1.95. The van der Waals surface area contributed by atoms with Gasteiger partial charge in [0.25, 0.3) is 0 Å². The summed E-state index contributed by atoms with van der Waals surface area (Å²) in [6.45, 7) is 0. The minimum atomic E-state index is 0.00872. The van der Waals surface area contributed by atoms with Crippen LogP contribution in [-0.2, 0) is 0 Å². The van der Waals surface area contributed by atoms with Crippen molar-refractivity contribution < 1.29 is 5.11 Å². The molecular formula is C16H13BrN4O. The van der Waals surface area contributed by atoms with Crippen molar-refractivity contribution in [2.45, 2.75) is 12.5 Å². The second-order valence-corrected chi connectivity index (χ2v) is 5.73. The molecule has 0 bridgehead atoms. The van der Waals surface area contributed by atoms with E-state index in [1.807, 2.05) is 30.3 Å². The Morgan fingerprint density at radius 1 is 1.18 bits per heavy atom. The van der Waals surface area contributed by atoms with Gasteiger partial charge in [0.2, 0.25) is 0 Å². The van der Waals surface area contributed by atoms with Gasteiger partial charge in [-0.25, -0.2) is 0 Å². The summed E-state index contributed by atoms with van der Waals surface area (Å²) in [5, 5.41) is 26.0. The van der Waals surface area contributed by atoms with E-state index in [-0.39, 0.29) is 11.8 Å². The van der Waals surface area contributed by atoms with E-state index in [0.717, 1.165) is 10.0 Å². The summed E-state index contributed by atoms with van der Waals surface area (Å²) in [6, 6.07) is 15.1. The SMILES string of the molecule is Oc1ccc(Br)cc1C=NN=C1CC(c2ccccc2)N=N1. The molecule has 1 aliphatic heterocycles. The molecule has 1 aliphatic rings. The number of phenolic OH excluding ortho intramolecular Hbond substituents is 1. The Kier molecular flexibility index (Phi) is 4.39. The van der Waals surface area contributed by atoms with Crippen molar-refractivity contribution in [3.63, 3.8) is 0 Å². The van der Waals surface area contributed by atoms with E-state index >= 15 is 0 Å². The molecule has 1 heterocycles. The fourth-order valence-corrected chi connectivity index (χ4v) is 2.48. The van der Waals surface area contributed by atoms with Crippen LogP contribution in [0.3, 0.4) is 0 Å². The first-order chi connectivity index (χ1) is 10.7. The van der Waals surface area contributed by atoms with Gasteiger partial charge in [-0.2, -0.15) is 10.2 Å². The maximum Gasteiger partial charge on any atom is 0.175 e. The normalized spacial score (nSPS) is 19.3. The van der Waals surface area contributed by atoms with E-state index in [2.05, 4.69) is 36.4 Å². The second kappa shape index (κ2) is 6.62. The van der Waals surface area contributed by atoms with Gasteiger partial charge in [0.1, 0.15) is 11.8 Å². The summed E-state index contributed by atoms with van der Waals surface area (Å²) < 4.78 is 0.865. The Morgan fingerprint density at radius 3 is 2.82 bits per heavy atom. The lowest BCUT2D eigenvalue weighted by atomic mass is 10.1. The van der Waals surface area contributed by atoms with Crippen molar-refractivity contribution in [3.8, 4) is 5.75 Å². The smallest absolute Gasteiger partial charge is 0.175 e. The maximum atomic E-state index is 9.72. The third-order valence-corrected chi connectivity index (χ3v) is 3.73. The van der Waals surface area contributed by atoms with Crippen LogP contribution in [0, 0.1) is 0 Å². The van der Waals surface area contributed by atoms with Crippen LogP contribution in [0.2, 0.25) is 0 Å². The number of rotatable bonds is 3. The first kappa shape index (κ1) is 14.6. The van der Waals surface area contributed by atoms with E-state index < -0.39 is 0 Å². The summed E-state index contributed by atoms with van der Waals surface area (Å²) in [4.78, 5) is 0. The van der Waals surface area contributed by atoms with Crippen molar-refractivity contribution in [2.24, 2.45) is 20.4 Å². The number of nitrogens with zero attached hydrogens (tertiary/aromatic N) is 4. The van der Waals surface area contributed by atoms with Gasteiger partial charge in [0, 0.05) is 16.5 Å². The van der Waals surface area contributed by atoms with Gasteiger partial charge in [-0.05, 0) is 23.8 Å². The number of hydrogen-bond acceptors (Lipinski definition) is 4. The van der Waals surface area contributed by atoms with Crippen LogP contribution >= 0.6 is 15.9 Å². The highest BCUT2D eigenvalue weighted by Gasteiger charge is 2.19. The molecule has 1 atom stereocenters. The first-order valence-corrected chi connectivity index (χ1v) is 7.56. The van der Waals surface area contributed by atoms with Gasteiger partial charge in [-0.1, -0.05) is 46.3 Å². The van der Waals surface area contributed by atoms with Gasteiger partial charge in [0.05, 0.1) is 6.21 Å². The van der Waals surface area contributed by atoms with Crippen LogP contribution in [0.15, 0.2) is 73.4 Å². The largest absolute Gasteiger partial charge is 0.507 e. The molecule has 1 unspecified atom stereocenters. The zero-order chi connectivity index (χ0) is 15.4. The third-order valence-electron chi connectivity index (χ3n) is 3.23. The molecular weight excluding hydrogens is 344 g/mol. The fraction of sp³-hybridized carbons (Fsp3) is 0.125. The lowest BCUT2D eigenvalue weighted by molar-refractivity contribution is 0.474. The highest BCUT2D eigenvalue weighted by molar-refractivity contribution is 9.10. The molecule has 0 saturated carbocycles. The van der Waals surface area contributed by atoms with Crippen LogP contribution < -0.4 is 0 Å². The van der Waals surface area contributed by atoms with Crippen molar-refractivity contribution in [1.82, 2.24) is 0 Å². The zero-order valence-corrected chi connectivity index (χ0v) is 13.2. The molecule has 6 heteroatoms. The van der Waals surface area contributed by atoms with Gasteiger partial charge in [-0.3, -0.25) is 0 Å². The van der Waals surface area contributed by atoms with Crippen LogP contribution in [0.1, 0.15) is 23.6 Å². The minimum absolute atomic E-state index is 0.00872. The quantitative estimate of drug-likeness (QED) is 0.638. The van der Waals surface area contributed by atoms with E-state index in [4.69, 9.17) is 0 Å².